The molecule has 112 valence electrons. The van der Waals surface area contributed by atoms with Crippen LogP contribution in [0.3, 0.4) is 0 Å². The first kappa shape index (κ1) is 15.9. The summed E-state index contributed by atoms with van der Waals surface area (Å²) in [5.41, 5.74) is 3.88. The molecular formula is C18H23NOS. The summed E-state index contributed by atoms with van der Waals surface area (Å²) in [7, 11) is 1.74. The molecular weight excluding hydrogens is 278 g/mol. The summed E-state index contributed by atoms with van der Waals surface area (Å²) in [6, 6.07) is 14.9. The fourth-order valence-corrected chi connectivity index (χ4v) is 3.20. The van der Waals surface area contributed by atoms with Crippen molar-refractivity contribution in [2.45, 2.75) is 31.0 Å². The fraction of sp³-hybridized carbons (Fsp3) is 0.333. The van der Waals surface area contributed by atoms with E-state index in [-0.39, 0.29) is 0 Å². The van der Waals surface area contributed by atoms with Gasteiger partial charge in [0.25, 0.3) is 0 Å². The smallest absolute Gasteiger partial charge is 0.122 e. The number of ether oxygens (including phenoxy) is 1. The Bertz CT molecular complexity index is 583. The van der Waals surface area contributed by atoms with Gasteiger partial charge in [0.1, 0.15) is 5.75 Å². The second-order valence-electron chi connectivity index (χ2n) is 4.98. The van der Waals surface area contributed by atoms with Crippen molar-refractivity contribution in [1.82, 2.24) is 5.32 Å². The van der Waals surface area contributed by atoms with Gasteiger partial charge in [-0.1, -0.05) is 31.2 Å². The van der Waals surface area contributed by atoms with Crippen LogP contribution >= 0.6 is 11.8 Å². The molecule has 0 spiro atoms. The highest BCUT2D eigenvalue weighted by atomic mass is 32.2. The Hall–Kier alpha value is -1.45. The molecule has 0 heterocycles. The zero-order valence-corrected chi connectivity index (χ0v) is 13.8. The molecule has 0 saturated heterocycles. The number of rotatable bonds is 7. The Morgan fingerprint density at radius 1 is 1.14 bits per heavy atom. The standard InChI is InChI=1S/C18H23NOS/c1-4-19-12-15-9-10-17(20-3)16(11-15)13-21-18-8-6-5-7-14(18)2/h5-11,19H,4,12-13H2,1-3H3. The number of nitrogens with one attached hydrogen (secondary N) is 1. The maximum absolute atomic E-state index is 5.49. The van der Waals surface area contributed by atoms with Crippen molar-refractivity contribution in [1.29, 1.82) is 0 Å². The summed E-state index contributed by atoms with van der Waals surface area (Å²) in [6.45, 7) is 6.17. The van der Waals surface area contributed by atoms with Crippen LogP contribution in [0.2, 0.25) is 0 Å². The van der Waals surface area contributed by atoms with E-state index in [4.69, 9.17) is 4.74 Å². The van der Waals surface area contributed by atoms with Crippen LogP contribution in [0, 0.1) is 6.92 Å². The topological polar surface area (TPSA) is 21.3 Å². The molecule has 21 heavy (non-hydrogen) atoms. The highest BCUT2D eigenvalue weighted by Gasteiger charge is 2.06. The molecule has 0 fully saturated rings. The molecule has 0 saturated carbocycles. The summed E-state index contributed by atoms with van der Waals surface area (Å²) in [5.74, 6) is 1.89. The van der Waals surface area contributed by atoms with Crippen molar-refractivity contribution in [3.8, 4) is 5.75 Å². The van der Waals surface area contributed by atoms with Gasteiger partial charge in [0.2, 0.25) is 0 Å². The zero-order valence-electron chi connectivity index (χ0n) is 13.0. The number of benzene rings is 2. The van der Waals surface area contributed by atoms with Gasteiger partial charge in [-0.2, -0.15) is 0 Å². The third kappa shape index (κ3) is 4.51. The quantitative estimate of drug-likeness (QED) is 0.766. The monoisotopic (exact) mass is 301 g/mol. The summed E-state index contributed by atoms with van der Waals surface area (Å²) in [5, 5.41) is 3.36. The average molecular weight is 301 g/mol. The van der Waals surface area contributed by atoms with E-state index >= 15 is 0 Å². The predicted octanol–water partition coefficient (Wildman–Crippen LogP) is 4.41. The molecule has 2 aromatic carbocycles. The SMILES string of the molecule is CCNCc1ccc(OC)c(CSc2ccccc2C)c1. The Balaban J connectivity index is 2.12. The van der Waals surface area contributed by atoms with Crippen molar-refractivity contribution < 1.29 is 4.74 Å². The summed E-state index contributed by atoms with van der Waals surface area (Å²) in [4.78, 5) is 1.33. The molecule has 0 aliphatic carbocycles. The molecule has 0 aliphatic heterocycles. The lowest BCUT2D eigenvalue weighted by molar-refractivity contribution is 0.411. The maximum atomic E-state index is 5.49. The van der Waals surface area contributed by atoms with Crippen LogP contribution in [0.1, 0.15) is 23.6 Å². The van der Waals surface area contributed by atoms with E-state index < -0.39 is 0 Å². The van der Waals surface area contributed by atoms with Crippen LogP contribution in [0.25, 0.3) is 0 Å². The Kier molecular flexibility index (Phi) is 6.15. The van der Waals surface area contributed by atoms with Crippen molar-refractivity contribution in [3.05, 3.63) is 59.2 Å². The molecule has 0 unspecified atom stereocenters. The van der Waals surface area contributed by atoms with E-state index in [1.165, 1.54) is 21.6 Å². The second kappa shape index (κ2) is 8.11. The highest BCUT2D eigenvalue weighted by molar-refractivity contribution is 7.98. The van der Waals surface area contributed by atoms with Crippen LogP contribution in [-0.2, 0) is 12.3 Å². The molecule has 2 rings (SSSR count). The van der Waals surface area contributed by atoms with Gasteiger partial charge in [0.05, 0.1) is 7.11 Å². The van der Waals surface area contributed by atoms with Crippen LogP contribution < -0.4 is 10.1 Å². The molecule has 0 radical (unpaired) electrons. The first-order valence-corrected chi connectivity index (χ1v) is 8.28. The molecule has 0 amide bonds. The normalized spacial score (nSPS) is 10.6. The van der Waals surface area contributed by atoms with Gasteiger partial charge < -0.3 is 10.1 Å². The zero-order chi connectivity index (χ0) is 15.1. The molecule has 0 aliphatic rings. The van der Waals surface area contributed by atoms with E-state index in [1.807, 2.05) is 11.8 Å². The second-order valence-corrected chi connectivity index (χ2v) is 6.00. The van der Waals surface area contributed by atoms with Crippen molar-refractivity contribution >= 4 is 11.8 Å². The van der Waals surface area contributed by atoms with Gasteiger partial charge in [0, 0.05) is 22.8 Å². The minimum atomic E-state index is 0.905. The van der Waals surface area contributed by atoms with E-state index in [2.05, 4.69) is 61.6 Å². The maximum Gasteiger partial charge on any atom is 0.122 e. The predicted molar refractivity (Wildman–Crippen MR) is 91.1 cm³/mol. The third-order valence-corrected chi connectivity index (χ3v) is 4.63. The van der Waals surface area contributed by atoms with Gasteiger partial charge in [-0.15, -0.1) is 11.8 Å². The van der Waals surface area contributed by atoms with E-state index in [9.17, 15) is 0 Å². The highest BCUT2D eigenvalue weighted by Crippen LogP contribution is 2.30. The third-order valence-electron chi connectivity index (χ3n) is 3.40. The molecule has 0 bridgehead atoms. The molecule has 1 N–H and O–H groups in total. The Labute approximate surface area is 131 Å². The van der Waals surface area contributed by atoms with Gasteiger partial charge >= 0.3 is 0 Å². The number of hydrogen-bond donors (Lipinski definition) is 1. The Morgan fingerprint density at radius 2 is 1.95 bits per heavy atom. The first-order valence-electron chi connectivity index (χ1n) is 7.29. The van der Waals surface area contributed by atoms with E-state index in [0.717, 1.165) is 24.6 Å². The Morgan fingerprint density at radius 3 is 2.67 bits per heavy atom. The molecule has 2 nitrogen and oxygen atoms in total. The lowest BCUT2D eigenvalue weighted by Gasteiger charge is -2.12. The number of methoxy groups -OCH3 is 1. The number of hydrogen-bond acceptors (Lipinski definition) is 3. The van der Waals surface area contributed by atoms with Crippen molar-refractivity contribution in [2.24, 2.45) is 0 Å². The van der Waals surface area contributed by atoms with Gasteiger partial charge in [-0.05, 0) is 42.8 Å². The average Bonchev–Trinajstić information content (AvgIpc) is 2.52. The van der Waals surface area contributed by atoms with Crippen molar-refractivity contribution in [3.63, 3.8) is 0 Å². The largest absolute Gasteiger partial charge is 0.496 e. The first-order chi connectivity index (χ1) is 10.2. The summed E-state index contributed by atoms with van der Waals surface area (Å²) in [6.07, 6.45) is 0. The van der Waals surface area contributed by atoms with Gasteiger partial charge in [-0.3, -0.25) is 0 Å². The van der Waals surface area contributed by atoms with E-state index in [0.29, 0.717) is 0 Å². The van der Waals surface area contributed by atoms with Crippen LogP contribution in [0.15, 0.2) is 47.4 Å². The summed E-state index contributed by atoms with van der Waals surface area (Å²) < 4.78 is 5.49. The van der Waals surface area contributed by atoms with Crippen LogP contribution in [-0.4, -0.2) is 13.7 Å². The molecule has 3 heteroatoms. The van der Waals surface area contributed by atoms with Gasteiger partial charge in [-0.25, -0.2) is 0 Å². The number of thioether (sulfide) groups is 1. The number of aryl methyl sites for hydroxylation is 1. The van der Waals surface area contributed by atoms with Crippen molar-refractivity contribution in [2.75, 3.05) is 13.7 Å². The van der Waals surface area contributed by atoms with Gasteiger partial charge in [0.15, 0.2) is 0 Å². The fourth-order valence-electron chi connectivity index (χ4n) is 2.20. The lowest BCUT2D eigenvalue weighted by atomic mass is 10.1. The summed E-state index contributed by atoms with van der Waals surface area (Å²) >= 11 is 1.86. The molecule has 2 aromatic rings. The van der Waals surface area contributed by atoms with Crippen LogP contribution in [0.4, 0.5) is 0 Å². The minimum Gasteiger partial charge on any atom is -0.496 e. The molecule has 0 aromatic heterocycles. The minimum absolute atomic E-state index is 0.905. The van der Waals surface area contributed by atoms with Crippen LogP contribution in [0.5, 0.6) is 5.75 Å². The lowest BCUT2D eigenvalue weighted by Crippen LogP contribution is -2.11. The molecule has 0 atom stereocenters. The van der Waals surface area contributed by atoms with E-state index in [1.54, 1.807) is 7.11 Å².